The van der Waals surface area contributed by atoms with E-state index in [2.05, 4.69) is 81.4 Å². The minimum atomic E-state index is -2.51. The van der Waals surface area contributed by atoms with Gasteiger partial charge in [0.25, 0.3) is 8.32 Å². The summed E-state index contributed by atoms with van der Waals surface area (Å²) in [4.78, 5) is 12.1. The first-order chi connectivity index (χ1) is 13.9. The summed E-state index contributed by atoms with van der Waals surface area (Å²) in [6, 6.07) is 21.3. The summed E-state index contributed by atoms with van der Waals surface area (Å²) in [6.07, 6.45) is 3.96. The summed E-state index contributed by atoms with van der Waals surface area (Å²) >= 11 is 0. The van der Waals surface area contributed by atoms with Gasteiger partial charge in [0.05, 0.1) is 6.26 Å². The fourth-order valence-corrected chi connectivity index (χ4v) is 9.10. The number of carbonyl (C=O) groups is 1. The molecule has 1 aliphatic rings. The molecule has 1 N–H and O–H groups in total. The third-order valence-electron chi connectivity index (χ3n) is 6.07. The minimum Gasteiger partial charge on any atom is -0.515 e. The van der Waals surface area contributed by atoms with Gasteiger partial charge in [-0.25, -0.2) is 0 Å². The van der Waals surface area contributed by atoms with Crippen LogP contribution in [0.2, 0.25) is 5.04 Å². The van der Waals surface area contributed by atoms with Crippen LogP contribution in [0.4, 0.5) is 0 Å². The Labute approximate surface area is 175 Å². The van der Waals surface area contributed by atoms with Gasteiger partial charge in [-0.1, -0.05) is 81.4 Å². The molecule has 0 unspecified atom stereocenters. The van der Waals surface area contributed by atoms with Crippen LogP contribution in [-0.2, 0) is 9.22 Å². The van der Waals surface area contributed by atoms with Crippen molar-refractivity contribution in [2.75, 3.05) is 6.61 Å². The molecule has 0 heterocycles. The Morgan fingerprint density at radius 2 is 1.59 bits per heavy atom. The van der Waals surface area contributed by atoms with E-state index in [1.54, 1.807) is 0 Å². The van der Waals surface area contributed by atoms with Crippen LogP contribution < -0.4 is 10.4 Å². The number of ketones is 1. The Morgan fingerprint density at radius 1 is 1.03 bits per heavy atom. The van der Waals surface area contributed by atoms with Crippen molar-refractivity contribution in [1.29, 1.82) is 0 Å². The van der Waals surface area contributed by atoms with E-state index < -0.39 is 8.32 Å². The third-order valence-corrected chi connectivity index (χ3v) is 11.1. The van der Waals surface area contributed by atoms with Gasteiger partial charge in [0.2, 0.25) is 0 Å². The SMILES string of the molecule is CC(C)(C)[Si](OCC[C@@H]1CC/C(=C\O)C(=O)C1)(c1ccccc1)c1ccccc1. The maximum atomic E-state index is 12.1. The zero-order valence-corrected chi connectivity index (χ0v) is 18.7. The number of carbonyl (C=O) groups excluding carboxylic acids is 1. The molecule has 0 radical (unpaired) electrons. The maximum absolute atomic E-state index is 12.1. The normalized spacial score (nSPS) is 19.5. The van der Waals surface area contributed by atoms with Gasteiger partial charge in [-0.05, 0) is 40.6 Å². The van der Waals surface area contributed by atoms with Crippen molar-refractivity contribution in [2.45, 2.75) is 51.5 Å². The second-order valence-corrected chi connectivity index (χ2v) is 13.3. The van der Waals surface area contributed by atoms with Crippen molar-refractivity contribution in [3.05, 3.63) is 72.5 Å². The van der Waals surface area contributed by atoms with Crippen molar-refractivity contribution >= 4 is 24.5 Å². The summed E-state index contributed by atoms with van der Waals surface area (Å²) < 4.78 is 6.92. The fraction of sp³-hybridized carbons (Fsp3) is 0.400. The lowest BCUT2D eigenvalue weighted by Gasteiger charge is -2.43. The zero-order chi connectivity index (χ0) is 20.9. The number of rotatable bonds is 6. The van der Waals surface area contributed by atoms with Crippen molar-refractivity contribution < 1.29 is 14.3 Å². The summed E-state index contributed by atoms with van der Waals surface area (Å²) in [6.45, 7) is 7.48. The van der Waals surface area contributed by atoms with Crippen LogP contribution in [-0.4, -0.2) is 25.8 Å². The lowest BCUT2D eigenvalue weighted by Crippen LogP contribution is -2.66. The first-order valence-electron chi connectivity index (χ1n) is 10.5. The molecule has 1 fully saturated rings. The van der Waals surface area contributed by atoms with Gasteiger partial charge in [-0.2, -0.15) is 0 Å². The highest BCUT2D eigenvalue weighted by molar-refractivity contribution is 6.99. The molecule has 1 aliphatic carbocycles. The summed E-state index contributed by atoms with van der Waals surface area (Å²) in [5.74, 6) is 0.401. The van der Waals surface area contributed by atoms with Gasteiger partial charge < -0.3 is 9.53 Å². The number of benzene rings is 2. The highest BCUT2D eigenvalue weighted by atomic mass is 28.4. The van der Waals surface area contributed by atoms with Crippen LogP contribution in [0, 0.1) is 5.92 Å². The molecule has 1 saturated carbocycles. The highest BCUT2D eigenvalue weighted by Crippen LogP contribution is 2.37. The van der Waals surface area contributed by atoms with E-state index in [9.17, 15) is 9.90 Å². The van der Waals surface area contributed by atoms with Crippen LogP contribution in [0.15, 0.2) is 72.5 Å². The monoisotopic (exact) mass is 408 g/mol. The molecular formula is C25H32O3Si. The summed E-state index contributed by atoms with van der Waals surface area (Å²) in [7, 11) is -2.51. The van der Waals surface area contributed by atoms with E-state index in [0.29, 0.717) is 30.9 Å². The molecular weight excluding hydrogens is 376 g/mol. The molecule has 0 spiro atoms. The fourth-order valence-electron chi connectivity index (χ4n) is 4.52. The quantitative estimate of drug-likeness (QED) is 0.426. The van der Waals surface area contributed by atoms with E-state index in [-0.39, 0.29) is 10.8 Å². The summed E-state index contributed by atoms with van der Waals surface area (Å²) in [5.41, 5.74) is 0.564. The van der Waals surface area contributed by atoms with E-state index in [4.69, 9.17) is 4.43 Å². The lowest BCUT2D eigenvalue weighted by atomic mass is 9.84. The Morgan fingerprint density at radius 3 is 2.03 bits per heavy atom. The second kappa shape index (κ2) is 9.10. The van der Waals surface area contributed by atoms with E-state index in [1.807, 2.05) is 0 Å². The molecule has 2 aromatic carbocycles. The molecule has 0 aliphatic heterocycles. The third kappa shape index (κ3) is 4.54. The van der Waals surface area contributed by atoms with E-state index in [1.165, 1.54) is 10.4 Å². The smallest absolute Gasteiger partial charge is 0.261 e. The van der Waals surface area contributed by atoms with Crippen LogP contribution in [0.25, 0.3) is 0 Å². The van der Waals surface area contributed by atoms with Crippen molar-refractivity contribution in [3.8, 4) is 0 Å². The van der Waals surface area contributed by atoms with Crippen molar-refractivity contribution in [3.63, 3.8) is 0 Å². The molecule has 0 bridgehead atoms. The Balaban J connectivity index is 1.86. The average molecular weight is 409 g/mol. The molecule has 1 atom stereocenters. The predicted molar refractivity (Wildman–Crippen MR) is 121 cm³/mol. The number of hydrogen-bond donors (Lipinski definition) is 1. The minimum absolute atomic E-state index is 0.0368. The van der Waals surface area contributed by atoms with Gasteiger partial charge in [-0.15, -0.1) is 0 Å². The van der Waals surface area contributed by atoms with E-state index >= 15 is 0 Å². The molecule has 29 heavy (non-hydrogen) atoms. The number of aliphatic hydroxyl groups is 1. The average Bonchev–Trinajstić information content (AvgIpc) is 2.72. The van der Waals surface area contributed by atoms with Crippen LogP contribution >= 0.6 is 0 Å². The van der Waals surface area contributed by atoms with Gasteiger partial charge in [0.1, 0.15) is 0 Å². The highest BCUT2D eigenvalue weighted by Gasteiger charge is 2.50. The molecule has 0 aromatic heterocycles. The number of hydrogen-bond acceptors (Lipinski definition) is 3. The first kappa shape index (κ1) is 21.5. The largest absolute Gasteiger partial charge is 0.515 e. The molecule has 0 saturated heterocycles. The summed E-state index contributed by atoms with van der Waals surface area (Å²) in [5, 5.41) is 11.7. The number of allylic oxidation sites excluding steroid dienone is 1. The van der Waals surface area contributed by atoms with E-state index in [0.717, 1.165) is 19.1 Å². The Kier molecular flexibility index (Phi) is 6.76. The van der Waals surface area contributed by atoms with Crippen LogP contribution in [0.5, 0.6) is 0 Å². The molecule has 2 aromatic rings. The van der Waals surface area contributed by atoms with Crippen molar-refractivity contribution in [1.82, 2.24) is 0 Å². The molecule has 154 valence electrons. The number of Topliss-reactive ketones (excluding diaryl/α,β-unsaturated/α-hetero) is 1. The first-order valence-corrected chi connectivity index (χ1v) is 12.4. The molecule has 4 heteroatoms. The number of aliphatic hydroxyl groups excluding tert-OH is 1. The standard InChI is InChI=1S/C25H32O3Si/c1-25(2,3)29(22-10-6-4-7-11-22,23-12-8-5-9-13-23)28-17-16-20-14-15-21(19-26)24(27)18-20/h4-13,19-20,26H,14-18H2,1-3H3/b21-19+/t20-/m0/s1. The molecule has 0 amide bonds. The lowest BCUT2D eigenvalue weighted by molar-refractivity contribution is -0.117. The topological polar surface area (TPSA) is 46.5 Å². The predicted octanol–water partition coefficient (Wildman–Crippen LogP) is 4.76. The van der Waals surface area contributed by atoms with Crippen molar-refractivity contribution in [2.24, 2.45) is 5.92 Å². The second-order valence-electron chi connectivity index (χ2n) is 8.99. The Bertz CT molecular complexity index is 798. The van der Waals surface area contributed by atoms with Gasteiger partial charge in [0, 0.05) is 18.6 Å². The van der Waals surface area contributed by atoms with Gasteiger partial charge in [-0.3, -0.25) is 4.79 Å². The Hall–Kier alpha value is -2.17. The van der Waals surface area contributed by atoms with Crippen LogP contribution in [0.3, 0.4) is 0 Å². The zero-order valence-electron chi connectivity index (χ0n) is 17.7. The molecule has 3 nitrogen and oxygen atoms in total. The van der Waals surface area contributed by atoms with Gasteiger partial charge >= 0.3 is 0 Å². The maximum Gasteiger partial charge on any atom is 0.261 e. The van der Waals surface area contributed by atoms with Gasteiger partial charge in [0.15, 0.2) is 5.78 Å². The molecule has 3 rings (SSSR count). The van der Waals surface area contributed by atoms with Crippen LogP contribution in [0.1, 0.15) is 46.5 Å².